The summed E-state index contributed by atoms with van der Waals surface area (Å²) in [6.45, 7) is -0.446. The normalized spacial score (nSPS) is 12.3. The molecule has 0 aromatic heterocycles. The minimum absolute atomic E-state index is 0.0743. The quantitative estimate of drug-likeness (QED) is 0.828. The number of nitrogens with two attached hydrogens (primary N) is 1. The Hall–Kier alpha value is -1.17. The number of hydrogen-bond acceptors (Lipinski definition) is 3. The molecule has 0 heterocycles. The monoisotopic (exact) mass is 246 g/mol. The molecule has 0 aliphatic carbocycles. The van der Waals surface area contributed by atoms with Crippen LogP contribution in [0.1, 0.15) is 0 Å². The Balaban J connectivity index is 2.92. The van der Waals surface area contributed by atoms with E-state index in [0.717, 1.165) is 6.07 Å². The van der Waals surface area contributed by atoms with Crippen LogP contribution in [0.25, 0.3) is 0 Å². The van der Waals surface area contributed by atoms with E-state index in [0.29, 0.717) is 5.69 Å². The second kappa shape index (κ2) is 5.25. The van der Waals surface area contributed by atoms with Gasteiger partial charge < -0.3 is 15.7 Å². The van der Waals surface area contributed by atoms with E-state index in [2.05, 4.69) is 0 Å². The average molecular weight is 247 g/mol. The van der Waals surface area contributed by atoms with Gasteiger partial charge in [-0.3, -0.25) is 4.79 Å². The second-order valence-corrected chi connectivity index (χ2v) is 3.69. The lowest BCUT2D eigenvalue weighted by Gasteiger charge is -2.20. The van der Waals surface area contributed by atoms with Crippen LogP contribution >= 0.6 is 11.6 Å². The minimum Gasteiger partial charge on any atom is -0.394 e. The molecule has 3 N–H and O–H groups in total. The van der Waals surface area contributed by atoms with E-state index in [1.807, 2.05) is 0 Å². The van der Waals surface area contributed by atoms with Crippen molar-refractivity contribution in [3.63, 3.8) is 0 Å². The summed E-state index contributed by atoms with van der Waals surface area (Å²) < 4.78 is 12.9. The number of anilines is 1. The summed E-state index contributed by atoms with van der Waals surface area (Å²) in [6.07, 6.45) is 0. The Kier molecular flexibility index (Phi) is 4.23. The number of aliphatic hydroxyl groups excluding tert-OH is 1. The number of carbonyl (C=O) groups excluding carboxylic acids is 1. The van der Waals surface area contributed by atoms with Crippen LogP contribution in [0.15, 0.2) is 18.2 Å². The van der Waals surface area contributed by atoms with Crippen LogP contribution in [0.5, 0.6) is 0 Å². The standard InChI is InChI=1S/C10H12ClFN2O2/c1-14(10(16)9(13)5-15)6-2-3-8(12)7(11)4-6/h2-4,9,15H,5,13H2,1H3. The molecular formula is C10H12ClFN2O2. The van der Waals surface area contributed by atoms with Crippen molar-refractivity contribution in [3.8, 4) is 0 Å². The molecule has 1 rings (SSSR count). The number of benzene rings is 1. The highest BCUT2D eigenvalue weighted by atomic mass is 35.5. The Morgan fingerprint density at radius 2 is 2.31 bits per heavy atom. The van der Waals surface area contributed by atoms with Crippen LogP contribution in [0.2, 0.25) is 5.02 Å². The predicted octanol–water partition coefficient (Wildman–Crippen LogP) is 0.762. The van der Waals surface area contributed by atoms with E-state index in [-0.39, 0.29) is 5.02 Å². The third-order valence-corrected chi connectivity index (χ3v) is 2.42. The molecule has 1 atom stereocenters. The fraction of sp³-hybridized carbons (Fsp3) is 0.300. The molecule has 0 bridgehead atoms. The van der Waals surface area contributed by atoms with Gasteiger partial charge in [0.15, 0.2) is 0 Å². The molecule has 0 aliphatic rings. The third-order valence-electron chi connectivity index (χ3n) is 2.13. The molecular weight excluding hydrogens is 235 g/mol. The van der Waals surface area contributed by atoms with Crippen LogP contribution in [-0.2, 0) is 4.79 Å². The van der Waals surface area contributed by atoms with E-state index < -0.39 is 24.4 Å². The SMILES string of the molecule is CN(C(=O)C(N)CO)c1ccc(F)c(Cl)c1. The third kappa shape index (κ3) is 2.69. The van der Waals surface area contributed by atoms with Crippen molar-refractivity contribution in [2.45, 2.75) is 6.04 Å². The van der Waals surface area contributed by atoms with Crippen LogP contribution < -0.4 is 10.6 Å². The van der Waals surface area contributed by atoms with Gasteiger partial charge in [0.05, 0.1) is 11.6 Å². The number of nitrogens with zero attached hydrogens (tertiary/aromatic N) is 1. The summed E-state index contributed by atoms with van der Waals surface area (Å²) >= 11 is 5.58. The zero-order valence-electron chi connectivity index (χ0n) is 8.65. The highest BCUT2D eigenvalue weighted by molar-refractivity contribution is 6.31. The summed E-state index contributed by atoms with van der Waals surface area (Å²) in [4.78, 5) is 12.8. The van der Waals surface area contributed by atoms with Gasteiger partial charge in [-0.15, -0.1) is 0 Å². The van der Waals surface area contributed by atoms with Crippen molar-refractivity contribution in [2.24, 2.45) is 5.73 Å². The molecule has 1 aromatic rings. The summed E-state index contributed by atoms with van der Waals surface area (Å²) in [5.41, 5.74) is 5.79. The maximum atomic E-state index is 12.9. The van der Waals surface area contributed by atoms with Crippen molar-refractivity contribution >= 4 is 23.2 Å². The molecule has 0 radical (unpaired) electrons. The van der Waals surface area contributed by atoms with E-state index in [9.17, 15) is 9.18 Å². The minimum atomic E-state index is -0.992. The topological polar surface area (TPSA) is 66.6 Å². The van der Waals surface area contributed by atoms with Crippen molar-refractivity contribution in [1.82, 2.24) is 0 Å². The lowest BCUT2D eigenvalue weighted by atomic mass is 10.2. The largest absolute Gasteiger partial charge is 0.394 e. The van der Waals surface area contributed by atoms with Gasteiger partial charge in [-0.25, -0.2) is 4.39 Å². The Morgan fingerprint density at radius 1 is 1.69 bits per heavy atom. The number of likely N-dealkylation sites (N-methyl/N-ethyl adjacent to an activating group) is 1. The summed E-state index contributed by atoms with van der Waals surface area (Å²) in [6, 6.07) is 2.89. The van der Waals surface area contributed by atoms with E-state index in [1.54, 1.807) is 0 Å². The van der Waals surface area contributed by atoms with Gasteiger partial charge in [0, 0.05) is 12.7 Å². The van der Waals surface area contributed by atoms with E-state index >= 15 is 0 Å². The smallest absolute Gasteiger partial charge is 0.246 e. The number of carbonyl (C=O) groups is 1. The van der Waals surface area contributed by atoms with Crippen molar-refractivity contribution in [2.75, 3.05) is 18.6 Å². The first-order valence-electron chi connectivity index (χ1n) is 4.56. The number of halogens is 2. The molecule has 1 amide bonds. The van der Waals surface area contributed by atoms with E-state index in [1.165, 1.54) is 24.1 Å². The van der Waals surface area contributed by atoms with Gasteiger partial charge in [0.1, 0.15) is 11.9 Å². The van der Waals surface area contributed by atoms with Crippen LogP contribution in [-0.4, -0.2) is 30.7 Å². The molecule has 0 saturated carbocycles. The van der Waals surface area contributed by atoms with E-state index in [4.69, 9.17) is 22.4 Å². The molecule has 1 aromatic carbocycles. The number of rotatable bonds is 3. The zero-order chi connectivity index (χ0) is 12.3. The predicted molar refractivity (Wildman–Crippen MR) is 59.9 cm³/mol. The second-order valence-electron chi connectivity index (χ2n) is 3.28. The zero-order valence-corrected chi connectivity index (χ0v) is 9.41. The Bertz CT molecular complexity index is 400. The first-order valence-corrected chi connectivity index (χ1v) is 4.94. The molecule has 0 fully saturated rings. The summed E-state index contributed by atoms with van der Waals surface area (Å²) in [7, 11) is 1.47. The molecule has 4 nitrogen and oxygen atoms in total. The highest BCUT2D eigenvalue weighted by Crippen LogP contribution is 2.22. The molecule has 0 spiro atoms. The first kappa shape index (κ1) is 12.9. The van der Waals surface area contributed by atoms with Crippen molar-refractivity contribution in [3.05, 3.63) is 29.0 Å². The highest BCUT2D eigenvalue weighted by Gasteiger charge is 2.18. The molecule has 0 saturated heterocycles. The number of aliphatic hydroxyl groups is 1. The maximum absolute atomic E-state index is 12.9. The molecule has 1 unspecified atom stereocenters. The molecule has 16 heavy (non-hydrogen) atoms. The maximum Gasteiger partial charge on any atom is 0.246 e. The van der Waals surface area contributed by atoms with Crippen LogP contribution in [0, 0.1) is 5.82 Å². The first-order chi connectivity index (χ1) is 7.47. The Morgan fingerprint density at radius 3 is 2.81 bits per heavy atom. The fourth-order valence-electron chi connectivity index (χ4n) is 1.15. The van der Waals surface area contributed by atoms with Gasteiger partial charge in [-0.2, -0.15) is 0 Å². The fourth-order valence-corrected chi connectivity index (χ4v) is 1.32. The van der Waals surface area contributed by atoms with Gasteiger partial charge in [0.2, 0.25) is 5.91 Å². The van der Waals surface area contributed by atoms with Crippen molar-refractivity contribution in [1.29, 1.82) is 0 Å². The van der Waals surface area contributed by atoms with Gasteiger partial charge >= 0.3 is 0 Å². The van der Waals surface area contributed by atoms with Crippen LogP contribution in [0.3, 0.4) is 0 Å². The van der Waals surface area contributed by atoms with Crippen molar-refractivity contribution < 1.29 is 14.3 Å². The molecule has 6 heteroatoms. The number of hydrogen-bond donors (Lipinski definition) is 2. The Labute approximate surface area is 97.4 Å². The average Bonchev–Trinajstić information content (AvgIpc) is 2.29. The van der Waals surface area contributed by atoms with Crippen LogP contribution in [0.4, 0.5) is 10.1 Å². The molecule has 88 valence electrons. The lowest BCUT2D eigenvalue weighted by molar-refractivity contribution is -0.120. The van der Waals surface area contributed by atoms with Gasteiger partial charge in [0.25, 0.3) is 0 Å². The van der Waals surface area contributed by atoms with Gasteiger partial charge in [-0.1, -0.05) is 11.6 Å². The summed E-state index contributed by atoms with van der Waals surface area (Å²) in [5, 5.41) is 8.67. The van der Waals surface area contributed by atoms with Gasteiger partial charge in [-0.05, 0) is 18.2 Å². The summed E-state index contributed by atoms with van der Waals surface area (Å²) in [5.74, 6) is -1.03. The number of amides is 1. The molecule has 0 aliphatic heterocycles. The lowest BCUT2D eigenvalue weighted by Crippen LogP contribution is -2.44.